The predicted molar refractivity (Wildman–Crippen MR) is 125 cm³/mol. The van der Waals surface area contributed by atoms with Crippen molar-refractivity contribution >= 4 is 53.1 Å². The van der Waals surface area contributed by atoms with Gasteiger partial charge in [-0.25, -0.2) is 4.79 Å². The Labute approximate surface area is 203 Å². The molecule has 2 aromatic rings. The zero-order chi connectivity index (χ0) is 25.5. The van der Waals surface area contributed by atoms with Gasteiger partial charge in [0.05, 0.1) is 27.4 Å². The minimum absolute atomic E-state index is 0.0241. The van der Waals surface area contributed by atoms with Gasteiger partial charge in [-0.2, -0.15) is 13.2 Å². The standard InChI is InChI=1S/C20H19ClF3N2O6PS/c1-4-30-19(27)12(3)25-32-34-33(5-2)18-11-14(7-8-16(18)26(28)29)31-17-9-6-13(10-15(17)21)20(22,23)24/h6-11H,4-5H2,1-3H3. The van der Waals surface area contributed by atoms with E-state index < -0.39 is 29.8 Å². The van der Waals surface area contributed by atoms with Gasteiger partial charge in [0.15, 0.2) is 5.71 Å². The normalized spacial score (nSPS) is 12.7. The van der Waals surface area contributed by atoms with Crippen LogP contribution in [0.4, 0.5) is 18.9 Å². The molecule has 0 N–H and O–H groups in total. The van der Waals surface area contributed by atoms with Gasteiger partial charge in [-0.3, -0.25) is 10.1 Å². The van der Waals surface area contributed by atoms with Crippen LogP contribution in [0.2, 0.25) is 5.02 Å². The molecular formula is C20H19ClF3N2O6PS. The van der Waals surface area contributed by atoms with Crippen molar-refractivity contribution in [1.29, 1.82) is 0 Å². The van der Waals surface area contributed by atoms with E-state index in [2.05, 4.69) is 5.16 Å². The fourth-order valence-corrected chi connectivity index (χ4v) is 5.45. The Bertz CT molecular complexity index is 1090. The van der Waals surface area contributed by atoms with Crippen molar-refractivity contribution in [1.82, 2.24) is 0 Å². The molecule has 0 bridgehead atoms. The molecule has 1 unspecified atom stereocenters. The van der Waals surface area contributed by atoms with Crippen LogP contribution >= 0.6 is 30.4 Å². The van der Waals surface area contributed by atoms with E-state index in [1.54, 1.807) is 13.8 Å². The molecule has 0 aliphatic rings. The van der Waals surface area contributed by atoms with E-state index in [1.807, 2.05) is 0 Å². The number of alkyl halides is 3. The fraction of sp³-hybridized carbons (Fsp3) is 0.300. The highest BCUT2D eigenvalue weighted by Crippen LogP contribution is 2.51. The average molecular weight is 539 g/mol. The van der Waals surface area contributed by atoms with E-state index >= 15 is 0 Å². The topological polar surface area (TPSA) is 100 Å². The Morgan fingerprint density at radius 3 is 2.50 bits per heavy atom. The number of ether oxygens (including phenoxy) is 2. The molecule has 0 aromatic heterocycles. The minimum Gasteiger partial charge on any atom is -0.461 e. The van der Waals surface area contributed by atoms with E-state index in [4.69, 9.17) is 25.4 Å². The molecule has 14 heteroatoms. The number of carbonyl (C=O) groups excluding carboxylic acids is 1. The minimum atomic E-state index is -4.56. The first-order valence-electron chi connectivity index (χ1n) is 9.64. The summed E-state index contributed by atoms with van der Waals surface area (Å²) < 4.78 is 54.1. The van der Waals surface area contributed by atoms with Crippen molar-refractivity contribution < 1.29 is 36.6 Å². The number of esters is 1. The van der Waals surface area contributed by atoms with Crippen molar-refractivity contribution in [3.63, 3.8) is 0 Å². The van der Waals surface area contributed by atoms with Gasteiger partial charge in [0.2, 0.25) is 0 Å². The first kappa shape index (κ1) is 27.7. The Morgan fingerprint density at radius 2 is 1.94 bits per heavy atom. The van der Waals surface area contributed by atoms with Gasteiger partial charge in [-0.05, 0) is 50.3 Å². The van der Waals surface area contributed by atoms with Crippen LogP contribution in [0.1, 0.15) is 26.3 Å². The van der Waals surface area contributed by atoms with Crippen LogP contribution in [0, 0.1) is 10.1 Å². The molecule has 8 nitrogen and oxygen atoms in total. The Balaban J connectivity index is 2.29. The molecular weight excluding hydrogens is 520 g/mol. The quantitative estimate of drug-likeness (QED) is 0.0828. The highest BCUT2D eigenvalue weighted by atomic mass is 35.5. The molecule has 0 amide bonds. The maximum absolute atomic E-state index is 12.9. The van der Waals surface area contributed by atoms with Crippen LogP contribution in [0.15, 0.2) is 41.6 Å². The molecule has 0 spiro atoms. The lowest BCUT2D eigenvalue weighted by Gasteiger charge is -2.15. The van der Waals surface area contributed by atoms with Crippen molar-refractivity contribution in [3.05, 3.63) is 57.1 Å². The van der Waals surface area contributed by atoms with Gasteiger partial charge in [0, 0.05) is 13.2 Å². The molecule has 0 aliphatic carbocycles. The summed E-state index contributed by atoms with van der Waals surface area (Å²) in [7, 11) is -1.35. The van der Waals surface area contributed by atoms with Gasteiger partial charge in [-0.15, -0.1) is 0 Å². The molecule has 184 valence electrons. The lowest BCUT2D eigenvalue weighted by molar-refractivity contribution is -0.383. The third-order valence-electron chi connectivity index (χ3n) is 4.05. The second kappa shape index (κ2) is 12.2. The maximum atomic E-state index is 12.9. The summed E-state index contributed by atoms with van der Waals surface area (Å²) in [5, 5.41) is 15.2. The number of carbonyl (C=O) groups is 1. The summed E-state index contributed by atoms with van der Waals surface area (Å²) in [5.74, 6) is -0.567. The molecule has 0 saturated carbocycles. The van der Waals surface area contributed by atoms with Gasteiger partial charge >= 0.3 is 12.1 Å². The zero-order valence-corrected chi connectivity index (χ0v) is 20.6. The van der Waals surface area contributed by atoms with Crippen molar-refractivity contribution in [2.75, 3.05) is 12.8 Å². The first-order chi connectivity index (χ1) is 16.0. The number of nitro benzene ring substituents is 1. The molecule has 0 radical (unpaired) electrons. The molecule has 0 aliphatic heterocycles. The van der Waals surface area contributed by atoms with Crippen LogP contribution in [-0.2, 0) is 20.0 Å². The van der Waals surface area contributed by atoms with Gasteiger partial charge in [0.25, 0.3) is 5.69 Å². The fourth-order valence-electron chi connectivity index (χ4n) is 2.46. The summed E-state index contributed by atoms with van der Waals surface area (Å²) in [6.07, 6.45) is -4.12. The number of benzene rings is 2. The number of halogens is 4. The molecule has 1 atom stereocenters. The lowest BCUT2D eigenvalue weighted by Crippen LogP contribution is -2.14. The summed E-state index contributed by atoms with van der Waals surface area (Å²) in [6.45, 7) is 5.00. The van der Waals surface area contributed by atoms with E-state index in [0.29, 0.717) is 6.16 Å². The Morgan fingerprint density at radius 1 is 1.24 bits per heavy atom. The third-order valence-corrected chi connectivity index (χ3v) is 8.25. The van der Waals surface area contributed by atoms with Crippen molar-refractivity contribution in [2.45, 2.75) is 26.9 Å². The first-order valence-corrected chi connectivity index (χ1v) is 12.9. The second-order valence-corrected chi connectivity index (χ2v) is 10.7. The maximum Gasteiger partial charge on any atom is 0.416 e. The summed E-state index contributed by atoms with van der Waals surface area (Å²) in [6, 6.07) is 6.56. The molecule has 34 heavy (non-hydrogen) atoms. The Hall–Kier alpha value is -2.56. The van der Waals surface area contributed by atoms with Gasteiger partial charge < -0.3 is 13.8 Å². The smallest absolute Gasteiger partial charge is 0.416 e. The highest BCUT2D eigenvalue weighted by Gasteiger charge is 2.31. The zero-order valence-electron chi connectivity index (χ0n) is 18.1. The summed E-state index contributed by atoms with van der Waals surface area (Å²) in [4.78, 5) is 22.6. The van der Waals surface area contributed by atoms with E-state index in [1.165, 1.54) is 25.1 Å². The monoisotopic (exact) mass is 538 g/mol. The third kappa shape index (κ3) is 7.48. The average Bonchev–Trinajstić information content (AvgIpc) is 2.77. The molecule has 2 rings (SSSR count). The predicted octanol–water partition coefficient (Wildman–Crippen LogP) is 6.71. The van der Waals surface area contributed by atoms with Crippen molar-refractivity contribution in [3.8, 4) is 11.5 Å². The number of oxime groups is 1. The number of nitrogens with zero attached hydrogens (tertiary/aromatic N) is 2. The molecule has 2 aromatic carbocycles. The number of hydrogen-bond donors (Lipinski definition) is 0. The lowest BCUT2D eigenvalue weighted by atomic mass is 10.2. The second-order valence-electron chi connectivity index (χ2n) is 6.39. The van der Waals surface area contributed by atoms with Gasteiger partial charge in [0.1, 0.15) is 23.2 Å². The highest BCUT2D eigenvalue weighted by molar-refractivity contribution is 8.55. The summed E-state index contributed by atoms with van der Waals surface area (Å²) >= 11 is 6.79. The van der Waals surface area contributed by atoms with E-state index in [-0.39, 0.29) is 39.8 Å². The number of rotatable bonds is 10. The van der Waals surface area contributed by atoms with E-state index in [9.17, 15) is 28.1 Å². The number of hydrogen-bond acceptors (Lipinski definition) is 8. The largest absolute Gasteiger partial charge is 0.461 e. The molecule has 0 heterocycles. The van der Waals surface area contributed by atoms with Crippen LogP contribution in [0.3, 0.4) is 0 Å². The van der Waals surface area contributed by atoms with Crippen molar-refractivity contribution in [2.24, 2.45) is 5.16 Å². The summed E-state index contributed by atoms with van der Waals surface area (Å²) in [5.41, 5.74) is -1.15. The van der Waals surface area contributed by atoms with E-state index in [0.717, 1.165) is 29.9 Å². The molecule has 0 saturated heterocycles. The Kier molecular flexibility index (Phi) is 9.96. The van der Waals surface area contributed by atoms with Gasteiger partial charge in [-0.1, -0.05) is 23.7 Å². The van der Waals surface area contributed by atoms with Crippen LogP contribution in [0.5, 0.6) is 11.5 Å². The van der Waals surface area contributed by atoms with Crippen LogP contribution in [-0.4, -0.2) is 29.4 Å². The number of nitro groups is 1. The SMILES string of the molecule is CCOC(=O)C(C)=NOSP(CC)c1cc(Oc2ccc(C(F)(F)F)cc2Cl)ccc1[N+](=O)[O-]. The molecule has 0 fully saturated rings. The van der Waals surface area contributed by atoms with Crippen LogP contribution < -0.4 is 10.0 Å². The van der Waals surface area contributed by atoms with Crippen LogP contribution in [0.25, 0.3) is 0 Å².